The Morgan fingerprint density at radius 2 is 0.773 bits per heavy atom. The summed E-state index contributed by atoms with van der Waals surface area (Å²) in [5, 5.41) is 0. The third kappa shape index (κ3) is 16.5. The molecule has 3 nitrogen and oxygen atoms in total. The smallest absolute Gasteiger partial charge is 0.264 e. The summed E-state index contributed by atoms with van der Waals surface area (Å²) in [6.07, 6.45) is 16.2. The van der Waals surface area contributed by atoms with Gasteiger partial charge in [0.25, 0.3) is 9.28 Å². The molecule has 0 aromatic heterocycles. The Morgan fingerprint density at radius 3 is 1.05 bits per heavy atom. The van der Waals surface area contributed by atoms with Crippen molar-refractivity contribution in [2.45, 2.75) is 97.8 Å². The maximum Gasteiger partial charge on any atom is 0.264 e. The van der Waals surface area contributed by atoms with Gasteiger partial charge in [0.2, 0.25) is 0 Å². The van der Waals surface area contributed by atoms with Gasteiger partial charge in [-0.3, -0.25) is 0 Å². The Kier molecular flexibility index (Phi) is 19.2. The van der Waals surface area contributed by atoms with Crippen LogP contribution < -0.4 is 14.9 Å². The van der Waals surface area contributed by atoms with Crippen LogP contribution in [0.3, 0.4) is 0 Å². The molecule has 3 N–H and O–H groups in total. The topological polar surface area (TPSA) is 36.1 Å². The summed E-state index contributed by atoms with van der Waals surface area (Å²) in [6.45, 7) is 10.4. The van der Waals surface area contributed by atoms with E-state index in [-0.39, 0.29) is 0 Å². The van der Waals surface area contributed by atoms with Crippen LogP contribution in [0.25, 0.3) is 0 Å². The largest absolute Gasteiger partial charge is 0.316 e. The molecular formula is C18H43N3Si. The Balaban J connectivity index is 3.72. The SMILES string of the molecule is CCCCCCN[SiH](NCCCCCC)NCCCCCC. The predicted octanol–water partition coefficient (Wildman–Crippen LogP) is 4.21. The molecule has 0 spiro atoms. The average Bonchev–Trinajstić information content (AvgIpc) is 2.53. The predicted molar refractivity (Wildman–Crippen MR) is 104 cm³/mol. The van der Waals surface area contributed by atoms with Gasteiger partial charge in [0.15, 0.2) is 0 Å². The van der Waals surface area contributed by atoms with Crippen molar-refractivity contribution in [3.05, 3.63) is 0 Å². The zero-order valence-electron chi connectivity index (χ0n) is 15.7. The summed E-state index contributed by atoms with van der Waals surface area (Å²) in [7, 11) is -1.14. The maximum atomic E-state index is 3.78. The third-order valence-corrected chi connectivity index (χ3v) is 6.23. The minimum Gasteiger partial charge on any atom is -0.316 e. The van der Waals surface area contributed by atoms with Crippen LogP contribution in [0.4, 0.5) is 0 Å². The average molecular weight is 330 g/mol. The van der Waals surface area contributed by atoms with E-state index in [1.54, 1.807) is 0 Å². The van der Waals surface area contributed by atoms with Crippen LogP contribution in [0.1, 0.15) is 97.8 Å². The van der Waals surface area contributed by atoms with Crippen molar-refractivity contribution >= 4 is 9.28 Å². The Labute approximate surface area is 142 Å². The fourth-order valence-electron chi connectivity index (χ4n) is 2.61. The quantitative estimate of drug-likeness (QED) is 0.260. The van der Waals surface area contributed by atoms with Crippen LogP contribution >= 0.6 is 0 Å². The van der Waals surface area contributed by atoms with Crippen molar-refractivity contribution in [1.29, 1.82) is 0 Å². The second-order valence-corrected chi connectivity index (χ2v) is 8.57. The molecule has 0 atom stereocenters. The Hall–Kier alpha value is 0.0969. The molecule has 0 heterocycles. The molecule has 0 aromatic carbocycles. The minimum atomic E-state index is -1.14. The number of hydrogen-bond acceptors (Lipinski definition) is 3. The van der Waals surface area contributed by atoms with E-state index in [1.807, 2.05) is 0 Å². The molecule has 4 heteroatoms. The molecule has 0 unspecified atom stereocenters. The molecule has 0 amide bonds. The van der Waals surface area contributed by atoms with Crippen LogP contribution in [0.5, 0.6) is 0 Å². The van der Waals surface area contributed by atoms with Crippen LogP contribution in [0, 0.1) is 0 Å². The fourth-order valence-corrected chi connectivity index (χ4v) is 4.52. The van der Waals surface area contributed by atoms with Crippen molar-refractivity contribution < 1.29 is 0 Å². The third-order valence-electron chi connectivity index (χ3n) is 4.14. The normalized spacial score (nSPS) is 11.5. The van der Waals surface area contributed by atoms with E-state index < -0.39 is 9.28 Å². The van der Waals surface area contributed by atoms with Crippen LogP contribution in [0.15, 0.2) is 0 Å². The van der Waals surface area contributed by atoms with Crippen molar-refractivity contribution in [3.8, 4) is 0 Å². The molecule has 0 aromatic rings. The van der Waals surface area contributed by atoms with Crippen molar-refractivity contribution in [2.75, 3.05) is 19.6 Å². The van der Waals surface area contributed by atoms with Gasteiger partial charge < -0.3 is 14.9 Å². The first-order valence-electron chi connectivity index (χ1n) is 10.0. The summed E-state index contributed by atoms with van der Waals surface area (Å²) in [6, 6.07) is 0. The second-order valence-electron chi connectivity index (χ2n) is 6.48. The van der Waals surface area contributed by atoms with Gasteiger partial charge in [-0.2, -0.15) is 0 Å². The van der Waals surface area contributed by atoms with Crippen molar-refractivity contribution in [2.24, 2.45) is 0 Å². The monoisotopic (exact) mass is 329 g/mol. The highest BCUT2D eigenvalue weighted by atomic mass is 28.3. The summed E-state index contributed by atoms with van der Waals surface area (Å²) < 4.78 is 0. The van der Waals surface area contributed by atoms with E-state index >= 15 is 0 Å². The number of rotatable bonds is 18. The summed E-state index contributed by atoms with van der Waals surface area (Å²) in [5.74, 6) is 0. The van der Waals surface area contributed by atoms with Gasteiger partial charge in [0.1, 0.15) is 0 Å². The lowest BCUT2D eigenvalue weighted by Gasteiger charge is -2.19. The van der Waals surface area contributed by atoms with Crippen LogP contribution in [-0.4, -0.2) is 28.9 Å². The molecule has 0 aliphatic heterocycles. The second kappa shape index (κ2) is 19.1. The lowest BCUT2D eigenvalue weighted by molar-refractivity contribution is 0.618. The Bertz CT molecular complexity index is 169. The van der Waals surface area contributed by atoms with Gasteiger partial charge in [0, 0.05) is 0 Å². The highest BCUT2D eigenvalue weighted by molar-refractivity contribution is 6.50. The van der Waals surface area contributed by atoms with Crippen molar-refractivity contribution in [3.63, 3.8) is 0 Å². The van der Waals surface area contributed by atoms with E-state index in [0.29, 0.717) is 0 Å². The Morgan fingerprint density at radius 1 is 0.455 bits per heavy atom. The van der Waals surface area contributed by atoms with Gasteiger partial charge in [-0.1, -0.05) is 78.6 Å². The molecule has 0 fully saturated rings. The highest BCUT2D eigenvalue weighted by Gasteiger charge is 2.08. The molecule has 0 aliphatic carbocycles. The first-order chi connectivity index (χ1) is 10.8. The first kappa shape index (κ1) is 22.1. The van der Waals surface area contributed by atoms with Gasteiger partial charge in [0.05, 0.1) is 0 Å². The van der Waals surface area contributed by atoms with Gasteiger partial charge in [-0.05, 0) is 38.9 Å². The molecule has 134 valence electrons. The van der Waals surface area contributed by atoms with Crippen LogP contribution in [-0.2, 0) is 0 Å². The van der Waals surface area contributed by atoms with Crippen molar-refractivity contribution in [1.82, 2.24) is 14.9 Å². The maximum absolute atomic E-state index is 3.78. The van der Waals surface area contributed by atoms with E-state index in [2.05, 4.69) is 35.7 Å². The lowest BCUT2D eigenvalue weighted by atomic mass is 10.2. The summed E-state index contributed by atoms with van der Waals surface area (Å²) in [4.78, 5) is 11.3. The molecule has 0 rings (SSSR count). The van der Waals surface area contributed by atoms with E-state index in [0.717, 1.165) is 0 Å². The van der Waals surface area contributed by atoms with E-state index in [4.69, 9.17) is 0 Å². The molecule has 22 heavy (non-hydrogen) atoms. The van der Waals surface area contributed by atoms with Gasteiger partial charge in [-0.15, -0.1) is 0 Å². The van der Waals surface area contributed by atoms with Crippen LogP contribution in [0.2, 0.25) is 0 Å². The summed E-state index contributed by atoms with van der Waals surface area (Å²) in [5.41, 5.74) is 0. The molecule has 0 bridgehead atoms. The van der Waals surface area contributed by atoms with Gasteiger partial charge >= 0.3 is 0 Å². The number of hydrogen-bond donors (Lipinski definition) is 3. The molecule has 0 saturated heterocycles. The first-order valence-corrected chi connectivity index (χ1v) is 11.8. The summed E-state index contributed by atoms with van der Waals surface area (Å²) >= 11 is 0. The fraction of sp³-hybridized carbons (Fsp3) is 1.00. The zero-order valence-corrected chi connectivity index (χ0v) is 16.8. The number of nitrogens with one attached hydrogen (secondary N) is 3. The lowest BCUT2D eigenvalue weighted by Crippen LogP contribution is -2.58. The molecule has 0 radical (unpaired) electrons. The number of unbranched alkanes of at least 4 members (excludes halogenated alkanes) is 9. The zero-order chi connectivity index (χ0) is 16.3. The van der Waals surface area contributed by atoms with E-state index in [9.17, 15) is 0 Å². The molecular weight excluding hydrogens is 286 g/mol. The molecule has 0 aliphatic rings. The van der Waals surface area contributed by atoms with Gasteiger partial charge in [-0.25, -0.2) is 0 Å². The minimum absolute atomic E-state index is 1.14. The highest BCUT2D eigenvalue weighted by Crippen LogP contribution is 1.99. The van der Waals surface area contributed by atoms with E-state index in [1.165, 1.54) is 96.7 Å². The standard InChI is InChI=1S/C18H43N3Si/c1-4-7-10-13-16-19-22(20-17-14-11-8-5-2)21-18-15-12-9-6-3/h19-22H,4-18H2,1-3H3. The molecule has 0 saturated carbocycles.